The minimum atomic E-state index is -3.78. The summed E-state index contributed by atoms with van der Waals surface area (Å²) in [7, 11) is -3.78. The van der Waals surface area contributed by atoms with Gasteiger partial charge in [0.2, 0.25) is 15.9 Å². The van der Waals surface area contributed by atoms with Crippen LogP contribution in [-0.2, 0) is 14.8 Å². The van der Waals surface area contributed by atoms with Crippen molar-refractivity contribution in [3.63, 3.8) is 0 Å². The van der Waals surface area contributed by atoms with Crippen molar-refractivity contribution in [1.29, 1.82) is 0 Å². The second-order valence-corrected chi connectivity index (χ2v) is 6.69. The summed E-state index contributed by atoms with van der Waals surface area (Å²) < 4.78 is 26.9. The molecule has 4 N–H and O–H groups in total. The summed E-state index contributed by atoms with van der Waals surface area (Å²) >= 11 is 3.13. The van der Waals surface area contributed by atoms with Gasteiger partial charge in [-0.3, -0.25) is 4.79 Å². The van der Waals surface area contributed by atoms with Gasteiger partial charge in [0.25, 0.3) is 0 Å². The molecule has 1 aromatic heterocycles. The Morgan fingerprint density at radius 1 is 1.45 bits per heavy atom. The number of rotatable bonds is 7. The summed E-state index contributed by atoms with van der Waals surface area (Å²) in [5.41, 5.74) is 5.54. The molecule has 0 atom stereocenters. The number of amides is 1. The smallest absolute Gasteiger partial charge is 0.244 e. The fourth-order valence-electron chi connectivity index (χ4n) is 1.38. The maximum atomic E-state index is 12.0. The third-order valence-corrected chi connectivity index (χ3v) is 4.28. The Labute approximate surface area is 126 Å². The Balaban J connectivity index is 2.62. The number of sulfonamides is 1. The summed E-state index contributed by atoms with van der Waals surface area (Å²) in [6.07, 6.45) is 2.31. The number of anilines is 1. The summed E-state index contributed by atoms with van der Waals surface area (Å²) in [5.74, 6) is -0.286. The Bertz CT molecular complexity index is 577. The predicted octanol–water partition coefficient (Wildman–Crippen LogP) is 0.621. The molecule has 0 spiro atoms. The molecule has 0 saturated heterocycles. The van der Waals surface area contributed by atoms with Crippen molar-refractivity contribution in [3.05, 3.63) is 16.7 Å². The lowest BCUT2D eigenvalue weighted by atomic mass is 10.4. The lowest BCUT2D eigenvalue weighted by Crippen LogP contribution is -2.31. The molecule has 0 fully saturated rings. The van der Waals surface area contributed by atoms with Crippen molar-refractivity contribution in [2.75, 3.05) is 18.8 Å². The van der Waals surface area contributed by atoms with E-state index in [1.807, 2.05) is 6.92 Å². The number of nitrogen functional groups attached to an aromatic ring is 1. The maximum Gasteiger partial charge on any atom is 0.244 e. The first-order valence-electron chi connectivity index (χ1n) is 6.04. The molecule has 0 saturated carbocycles. The normalized spacial score (nSPS) is 11.3. The molecule has 1 amide bonds. The first-order chi connectivity index (χ1) is 9.36. The molecule has 7 nitrogen and oxygen atoms in total. The zero-order chi connectivity index (χ0) is 15.2. The number of nitrogens with two attached hydrogens (primary N) is 1. The van der Waals surface area contributed by atoms with E-state index in [4.69, 9.17) is 5.73 Å². The number of aromatic nitrogens is 1. The molecule has 20 heavy (non-hydrogen) atoms. The van der Waals surface area contributed by atoms with Crippen LogP contribution in [0.2, 0.25) is 0 Å². The van der Waals surface area contributed by atoms with Crippen molar-refractivity contribution in [2.24, 2.45) is 0 Å². The number of nitrogens with zero attached hydrogens (tertiary/aromatic N) is 1. The number of carbonyl (C=O) groups is 1. The van der Waals surface area contributed by atoms with Gasteiger partial charge in [-0.2, -0.15) is 0 Å². The second kappa shape index (κ2) is 7.55. The molecule has 0 aliphatic rings. The highest BCUT2D eigenvalue weighted by molar-refractivity contribution is 9.10. The van der Waals surface area contributed by atoms with E-state index in [1.54, 1.807) is 0 Å². The summed E-state index contributed by atoms with van der Waals surface area (Å²) in [5, 5.41) is 2.66. The van der Waals surface area contributed by atoms with Crippen LogP contribution in [0.1, 0.15) is 19.8 Å². The Hall–Kier alpha value is -1.19. The zero-order valence-electron chi connectivity index (χ0n) is 11.0. The molecular formula is C11H17BrN4O3S. The van der Waals surface area contributed by atoms with E-state index in [2.05, 4.69) is 31.0 Å². The van der Waals surface area contributed by atoms with Crippen molar-refractivity contribution in [1.82, 2.24) is 15.0 Å². The van der Waals surface area contributed by atoms with Gasteiger partial charge in [-0.15, -0.1) is 0 Å². The number of nitrogens with one attached hydrogen (secondary N) is 2. The SMILES string of the molecule is CCCNC(=O)CCNS(=O)(=O)c1cc(Br)cnc1N. The molecule has 0 aliphatic carbocycles. The molecule has 1 heterocycles. The molecule has 1 rings (SSSR count). The topological polar surface area (TPSA) is 114 Å². The highest BCUT2D eigenvalue weighted by Gasteiger charge is 2.18. The molecular weight excluding hydrogens is 348 g/mol. The third-order valence-electron chi connectivity index (χ3n) is 2.35. The van der Waals surface area contributed by atoms with Gasteiger partial charge in [0.15, 0.2) is 0 Å². The minimum Gasteiger partial charge on any atom is -0.383 e. The van der Waals surface area contributed by atoms with Crippen molar-refractivity contribution < 1.29 is 13.2 Å². The van der Waals surface area contributed by atoms with Crippen LogP contribution in [0, 0.1) is 0 Å². The van der Waals surface area contributed by atoms with Crippen LogP contribution in [0.15, 0.2) is 21.6 Å². The van der Waals surface area contributed by atoms with Crippen LogP contribution in [0.5, 0.6) is 0 Å². The quantitative estimate of drug-likeness (QED) is 0.656. The van der Waals surface area contributed by atoms with E-state index in [-0.39, 0.29) is 29.6 Å². The lowest BCUT2D eigenvalue weighted by molar-refractivity contribution is -0.120. The largest absolute Gasteiger partial charge is 0.383 e. The van der Waals surface area contributed by atoms with Crippen LogP contribution in [-0.4, -0.2) is 32.4 Å². The predicted molar refractivity (Wildman–Crippen MR) is 79.5 cm³/mol. The first-order valence-corrected chi connectivity index (χ1v) is 8.32. The van der Waals surface area contributed by atoms with E-state index in [9.17, 15) is 13.2 Å². The number of pyridine rings is 1. The zero-order valence-corrected chi connectivity index (χ0v) is 13.4. The van der Waals surface area contributed by atoms with E-state index in [1.165, 1.54) is 12.3 Å². The molecule has 0 aromatic carbocycles. The second-order valence-electron chi connectivity index (χ2n) is 4.03. The first kappa shape index (κ1) is 16.9. The molecule has 9 heteroatoms. The maximum absolute atomic E-state index is 12.0. The fraction of sp³-hybridized carbons (Fsp3) is 0.455. The molecule has 0 unspecified atom stereocenters. The number of halogens is 1. The van der Waals surface area contributed by atoms with Crippen LogP contribution in [0.3, 0.4) is 0 Å². The molecule has 0 radical (unpaired) electrons. The average molecular weight is 365 g/mol. The molecule has 112 valence electrons. The van der Waals surface area contributed by atoms with Crippen LogP contribution in [0.25, 0.3) is 0 Å². The van der Waals surface area contributed by atoms with E-state index < -0.39 is 10.0 Å². The van der Waals surface area contributed by atoms with Gasteiger partial charge in [0, 0.05) is 30.2 Å². The average Bonchev–Trinajstić information content (AvgIpc) is 2.38. The van der Waals surface area contributed by atoms with Crippen molar-refractivity contribution in [2.45, 2.75) is 24.7 Å². The number of carbonyl (C=O) groups excluding carboxylic acids is 1. The standard InChI is InChI=1S/C11H17BrN4O3S/c1-2-4-14-10(17)3-5-16-20(18,19)9-6-8(12)7-15-11(9)13/h6-7,16H,2-5H2,1H3,(H2,13,15)(H,14,17). The van der Waals surface area contributed by atoms with Gasteiger partial charge < -0.3 is 11.1 Å². The Kier molecular flexibility index (Phi) is 6.37. The van der Waals surface area contributed by atoms with Gasteiger partial charge in [-0.05, 0) is 28.4 Å². The van der Waals surface area contributed by atoms with Gasteiger partial charge in [0.1, 0.15) is 10.7 Å². The summed E-state index contributed by atoms with van der Waals surface area (Å²) in [6, 6.07) is 1.36. The molecule has 1 aromatic rings. The fourth-order valence-corrected chi connectivity index (χ4v) is 3.00. The highest BCUT2D eigenvalue weighted by Crippen LogP contribution is 2.20. The molecule has 0 bridgehead atoms. The van der Waals surface area contributed by atoms with Gasteiger partial charge in [-0.25, -0.2) is 18.1 Å². The van der Waals surface area contributed by atoms with E-state index in [0.717, 1.165) is 6.42 Å². The van der Waals surface area contributed by atoms with E-state index in [0.29, 0.717) is 11.0 Å². The monoisotopic (exact) mass is 364 g/mol. The number of hydrogen-bond donors (Lipinski definition) is 3. The summed E-state index contributed by atoms with van der Waals surface area (Å²) in [6.45, 7) is 2.52. The van der Waals surface area contributed by atoms with Crippen LogP contribution >= 0.6 is 15.9 Å². The molecule has 0 aliphatic heterocycles. The van der Waals surface area contributed by atoms with Gasteiger partial charge in [0.05, 0.1) is 0 Å². The Morgan fingerprint density at radius 2 is 2.15 bits per heavy atom. The van der Waals surface area contributed by atoms with Crippen molar-refractivity contribution in [3.8, 4) is 0 Å². The third kappa shape index (κ3) is 5.06. The van der Waals surface area contributed by atoms with Crippen LogP contribution < -0.4 is 15.8 Å². The van der Waals surface area contributed by atoms with Crippen LogP contribution in [0.4, 0.5) is 5.82 Å². The Morgan fingerprint density at radius 3 is 2.80 bits per heavy atom. The minimum absolute atomic E-state index is 0.00380. The summed E-state index contributed by atoms with van der Waals surface area (Å²) in [4.78, 5) is 15.0. The number of hydrogen-bond acceptors (Lipinski definition) is 5. The highest BCUT2D eigenvalue weighted by atomic mass is 79.9. The van der Waals surface area contributed by atoms with Crippen molar-refractivity contribution >= 4 is 37.7 Å². The van der Waals surface area contributed by atoms with Gasteiger partial charge >= 0.3 is 0 Å². The van der Waals surface area contributed by atoms with Gasteiger partial charge in [-0.1, -0.05) is 6.92 Å². The van der Waals surface area contributed by atoms with E-state index >= 15 is 0 Å². The lowest BCUT2D eigenvalue weighted by Gasteiger charge is -2.09.